The highest BCUT2D eigenvalue weighted by Gasteiger charge is 2.44. The summed E-state index contributed by atoms with van der Waals surface area (Å²) in [6.45, 7) is 10.3. The molecule has 6 aromatic rings. The number of thiazole rings is 1. The summed E-state index contributed by atoms with van der Waals surface area (Å²) in [5.41, 5.74) is 7.70. The number of aryl methyl sites for hydroxylation is 1. The van der Waals surface area contributed by atoms with E-state index in [9.17, 15) is 24.6 Å². The number of benzene rings is 2. The number of para-hydroxylation sites is 1. The van der Waals surface area contributed by atoms with Crippen molar-refractivity contribution >= 4 is 45.9 Å². The average molecular weight is 858 g/mol. The highest BCUT2D eigenvalue weighted by Crippen LogP contribution is 2.37. The predicted molar refractivity (Wildman–Crippen MR) is 234 cm³/mol. The number of piperidine rings is 1. The second kappa shape index (κ2) is 17.0. The minimum Gasteiger partial charge on any atom is -0.507 e. The third-order valence-corrected chi connectivity index (χ3v) is 13.8. The first-order valence-electron chi connectivity index (χ1n) is 21.4. The first kappa shape index (κ1) is 41.2. The normalized spacial score (nSPS) is 19.5. The summed E-state index contributed by atoms with van der Waals surface area (Å²) in [6.07, 6.45) is 0.656. The molecule has 0 saturated carbocycles. The fourth-order valence-electron chi connectivity index (χ4n) is 9.15. The van der Waals surface area contributed by atoms with Crippen LogP contribution in [0.15, 0.2) is 76.8 Å². The van der Waals surface area contributed by atoms with Crippen LogP contribution in [0.25, 0.3) is 32.7 Å². The van der Waals surface area contributed by atoms with E-state index in [2.05, 4.69) is 41.6 Å². The SMILES string of the molecule is Cc1ncsc1-c1ccc([C@H](C)NC(=O)[C@@H]2C[C@@H](O)CN2C(=O)[C@H](c2cc(N3CCC(C(=O)N4CC(c5cc6cc(-c7ccccc7O)nnc6[nH]5)C4)CC3)no2)C(C)C)cc1. The zero-order valence-electron chi connectivity index (χ0n) is 35.2. The van der Waals surface area contributed by atoms with Gasteiger partial charge in [0.05, 0.1) is 33.9 Å². The molecule has 3 aliphatic rings. The van der Waals surface area contributed by atoms with Gasteiger partial charge < -0.3 is 39.7 Å². The summed E-state index contributed by atoms with van der Waals surface area (Å²) in [5.74, 6) is -0.0798. The van der Waals surface area contributed by atoms with Gasteiger partial charge in [-0.25, -0.2) is 4.98 Å². The predicted octanol–water partition coefficient (Wildman–Crippen LogP) is 6.17. The number of β-amino-alcohol motifs (C(OH)–C–C–N with tert-alkyl or cyclic N) is 1. The third-order valence-electron chi connectivity index (χ3n) is 12.8. The highest BCUT2D eigenvalue weighted by molar-refractivity contribution is 7.13. The van der Waals surface area contributed by atoms with E-state index < -0.39 is 18.1 Å². The maximum atomic E-state index is 14.3. The fourth-order valence-corrected chi connectivity index (χ4v) is 9.97. The van der Waals surface area contributed by atoms with Crippen LogP contribution in [0.5, 0.6) is 5.75 Å². The zero-order valence-corrected chi connectivity index (χ0v) is 36.0. The standard InChI is InChI=1S/C46H51N9O6S/c1-25(2)41(46(60)55-23-33(56)19-37(55)44(58)48-26(3)28-9-11-29(12-10-28)42-27(4)47-24-62-42)39-20-40(52-61-39)53-15-13-30(14-16-53)45(59)54-21-32(22-54)35-17-31-18-36(50-51-43(31)49-35)34-7-5-6-8-38(34)57/h5-12,17-18,20,24-26,30,32-33,37,41,56-57H,13-16,19,21-23H2,1-4H3,(H,48,58)(H,49,51)/t26-,33+,37-,41-/m0/s1. The van der Waals surface area contributed by atoms with Gasteiger partial charge in [-0.05, 0) is 68.0 Å². The van der Waals surface area contributed by atoms with E-state index in [4.69, 9.17) is 4.52 Å². The molecule has 7 heterocycles. The van der Waals surface area contributed by atoms with Crippen molar-refractivity contribution in [3.63, 3.8) is 0 Å². The highest BCUT2D eigenvalue weighted by atomic mass is 32.1. The van der Waals surface area contributed by atoms with Crippen molar-refractivity contribution in [2.24, 2.45) is 11.8 Å². The molecule has 4 aromatic heterocycles. The lowest BCUT2D eigenvalue weighted by atomic mass is 9.90. The van der Waals surface area contributed by atoms with Gasteiger partial charge in [0.15, 0.2) is 17.2 Å². The Labute approximate surface area is 363 Å². The lowest BCUT2D eigenvalue weighted by Crippen LogP contribution is -2.52. The molecule has 4 atom stereocenters. The molecule has 3 saturated heterocycles. The number of likely N-dealkylation sites (tertiary alicyclic amines) is 2. The number of amides is 3. The number of nitrogens with zero attached hydrogens (tertiary/aromatic N) is 7. The largest absolute Gasteiger partial charge is 0.507 e. The van der Waals surface area contributed by atoms with Gasteiger partial charge in [0, 0.05) is 73.7 Å². The summed E-state index contributed by atoms with van der Waals surface area (Å²) in [4.78, 5) is 56.0. The lowest BCUT2D eigenvalue weighted by molar-refractivity contribution is -0.141. The number of anilines is 1. The first-order chi connectivity index (χ1) is 29.9. The van der Waals surface area contributed by atoms with Gasteiger partial charge in [-0.3, -0.25) is 14.4 Å². The number of aromatic nitrogens is 5. The van der Waals surface area contributed by atoms with Gasteiger partial charge >= 0.3 is 0 Å². The van der Waals surface area contributed by atoms with Gasteiger partial charge in [0.25, 0.3) is 0 Å². The molecule has 16 heteroatoms. The molecule has 0 radical (unpaired) electrons. The van der Waals surface area contributed by atoms with Gasteiger partial charge in [0.2, 0.25) is 17.7 Å². The minimum atomic E-state index is -0.831. The van der Waals surface area contributed by atoms with E-state index in [0.717, 1.165) is 32.8 Å². The maximum absolute atomic E-state index is 14.3. The van der Waals surface area contributed by atoms with E-state index in [1.807, 2.05) is 86.6 Å². The number of phenolic OH excluding ortho intramolecular Hbond substituents is 1. The first-order valence-corrected chi connectivity index (χ1v) is 22.2. The van der Waals surface area contributed by atoms with E-state index in [1.165, 1.54) is 4.90 Å². The van der Waals surface area contributed by atoms with Crippen LogP contribution in [0, 0.1) is 18.8 Å². The molecule has 0 spiro atoms. The molecule has 9 rings (SSSR count). The quantitative estimate of drug-likeness (QED) is 0.116. The molecule has 322 valence electrons. The lowest BCUT2D eigenvalue weighted by Gasteiger charge is -2.42. The molecule has 4 N–H and O–H groups in total. The Bertz CT molecular complexity index is 2590. The second-order valence-corrected chi connectivity index (χ2v) is 18.2. The second-order valence-electron chi connectivity index (χ2n) is 17.3. The number of phenols is 1. The number of hydrogen-bond donors (Lipinski definition) is 4. The molecule has 3 aliphatic heterocycles. The molecule has 15 nitrogen and oxygen atoms in total. The van der Waals surface area contributed by atoms with Crippen molar-refractivity contribution in [3.8, 4) is 27.4 Å². The number of hydrogen-bond acceptors (Lipinski definition) is 12. The number of fused-ring (bicyclic) bond motifs is 1. The summed E-state index contributed by atoms with van der Waals surface area (Å²) in [6, 6.07) is 19.7. The topological polar surface area (TPSA) is 194 Å². The minimum absolute atomic E-state index is 0.0515. The van der Waals surface area contributed by atoms with Crippen molar-refractivity contribution in [1.82, 2.24) is 40.4 Å². The van der Waals surface area contributed by atoms with Crippen molar-refractivity contribution in [2.75, 3.05) is 37.6 Å². The van der Waals surface area contributed by atoms with Crippen LogP contribution in [0.3, 0.4) is 0 Å². The molecular formula is C46H51N9O6S. The number of carbonyl (C=O) groups excluding carboxylic acids is 3. The molecule has 3 fully saturated rings. The van der Waals surface area contributed by atoms with Crippen molar-refractivity contribution in [1.29, 1.82) is 0 Å². The molecule has 62 heavy (non-hydrogen) atoms. The van der Waals surface area contributed by atoms with E-state index in [-0.39, 0.29) is 60.2 Å². The number of carbonyl (C=O) groups is 3. The number of rotatable bonds is 11. The Morgan fingerprint density at radius 2 is 1.73 bits per heavy atom. The van der Waals surface area contributed by atoms with Crippen LogP contribution < -0.4 is 10.2 Å². The maximum Gasteiger partial charge on any atom is 0.243 e. The number of aromatic hydroxyl groups is 1. The van der Waals surface area contributed by atoms with Gasteiger partial charge in [-0.15, -0.1) is 21.5 Å². The van der Waals surface area contributed by atoms with Gasteiger partial charge in [0.1, 0.15) is 17.7 Å². The summed E-state index contributed by atoms with van der Waals surface area (Å²) in [7, 11) is 0. The van der Waals surface area contributed by atoms with E-state index in [1.54, 1.807) is 23.5 Å². The van der Waals surface area contributed by atoms with E-state index >= 15 is 0 Å². The number of aromatic amines is 1. The summed E-state index contributed by atoms with van der Waals surface area (Å²) >= 11 is 1.59. The van der Waals surface area contributed by atoms with Crippen LogP contribution in [0.1, 0.15) is 80.6 Å². The Morgan fingerprint density at radius 3 is 2.44 bits per heavy atom. The van der Waals surface area contributed by atoms with Crippen LogP contribution in [-0.4, -0.2) is 108 Å². The Balaban J connectivity index is 0.784. The molecule has 3 amide bonds. The van der Waals surface area contributed by atoms with E-state index in [0.29, 0.717) is 67.5 Å². The van der Waals surface area contributed by atoms with Crippen molar-refractivity contribution < 1.29 is 29.1 Å². The van der Waals surface area contributed by atoms with Crippen LogP contribution in [-0.2, 0) is 14.4 Å². The average Bonchev–Trinajstić information content (AvgIpc) is 4.07. The van der Waals surface area contributed by atoms with Crippen LogP contribution in [0.2, 0.25) is 0 Å². The number of aliphatic hydroxyl groups excluding tert-OH is 1. The van der Waals surface area contributed by atoms with Crippen LogP contribution in [0.4, 0.5) is 5.82 Å². The molecule has 2 aromatic carbocycles. The summed E-state index contributed by atoms with van der Waals surface area (Å²) < 4.78 is 5.86. The Kier molecular flexibility index (Phi) is 11.3. The molecular weight excluding hydrogens is 807 g/mol. The zero-order chi connectivity index (χ0) is 43.2. The third kappa shape index (κ3) is 8.04. The van der Waals surface area contributed by atoms with Gasteiger partial charge in [-0.2, -0.15) is 0 Å². The fraction of sp³-hybridized carbons (Fsp3) is 0.413. The monoisotopic (exact) mass is 857 g/mol. The molecule has 0 unspecified atom stereocenters. The molecule has 0 aliphatic carbocycles. The Morgan fingerprint density at radius 1 is 0.968 bits per heavy atom. The smallest absolute Gasteiger partial charge is 0.243 e. The number of H-pyrrole nitrogens is 1. The number of nitrogens with one attached hydrogen (secondary N) is 2. The van der Waals surface area contributed by atoms with Crippen LogP contribution >= 0.6 is 11.3 Å². The van der Waals surface area contributed by atoms with Crippen molar-refractivity contribution in [2.45, 2.75) is 77.0 Å². The van der Waals surface area contributed by atoms with Crippen molar-refractivity contribution in [3.05, 3.63) is 95.0 Å². The number of aliphatic hydroxyl groups is 1. The Hall–Kier alpha value is -6.13. The molecule has 0 bridgehead atoms. The summed E-state index contributed by atoms with van der Waals surface area (Å²) in [5, 5.41) is 38.0. The van der Waals surface area contributed by atoms with Gasteiger partial charge in [-0.1, -0.05) is 55.4 Å².